The number of amides is 1. The van der Waals surface area contributed by atoms with Gasteiger partial charge in [-0.2, -0.15) is 13.2 Å². The Morgan fingerprint density at radius 2 is 2.00 bits per heavy atom. The average molecular weight is 367 g/mol. The van der Waals surface area contributed by atoms with E-state index >= 15 is 0 Å². The molecule has 2 rings (SSSR count). The van der Waals surface area contributed by atoms with Crippen molar-refractivity contribution in [3.8, 4) is 5.75 Å². The van der Waals surface area contributed by atoms with Crippen LogP contribution < -0.4 is 10.1 Å². The van der Waals surface area contributed by atoms with Gasteiger partial charge in [0.25, 0.3) is 5.91 Å². The summed E-state index contributed by atoms with van der Waals surface area (Å²) in [6.45, 7) is 0.278. The summed E-state index contributed by atoms with van der Waals surface area (Å²) < 4.78 is 42.8. The molecule has 1 unspecified atom stereocenters. The smallest absolute Gasteiger partial charge is 0.433 e. The number of likely N-dealkylation sites (N-methyl/N-ethyl adjacent to an activating group) is 1. The number of hydrogen-bond donors (Lipinski definition) is 1. The minimum Gasteiger partial charge on any atom is -0.497 e. The second kappa shape index (κ2) is 8.18. The van der Waals surface area contributed by atoms with E-state index in [1.807, 2.05) is 43.3 Å². The first-order valence-electron chi connectivity index (χ1n) is 7.84. The van der Waals surface area contributed by atoms with Crippen molar-refractivity contribution < 1.29 is 22.7 Å². The van der Waals surface area contributed by atoms with Crippen molar-refractivity contribution in [2.45, 2.75) is 12.2 Å². The van der Waals surface area contributed by atoms with Gasteiger partial charge in [-0.3, -0.25) is 9.78 Å². The second-order valence-corrected chi connectivity index (χ2v) is 5.90. The standard InChI is InChI=1S/C18H20F3N3O2/c1-24(2)15(12-5-4-6-14(9-12)26-3)11-23-17(25)13-7-8-16(22-10-13)18(19,20)21/h4-10,15H,11H2,1-3H3,(H,23,25). The molecule has 1 N–H and O–H groups in total. The van der Waals surface area contributed by atoms with Gasteiger partial charge in [0.2, 0.25) is 0 Å². The molecular formula is C18H20F3N3O2. The summed E-state index contributed by atoms with van der Waals surface area (Å²) in [6, 6.07) is 9.24. The van der Waals surface area contributed by atoms with Gasteiger partial charge >= 0.3 is 6.18 Å². The van der Waals surface area contributed by atoms with Crippen LogP contribution in [0.15, 0.2) is 42.6 Å². The summed E-state index contributed by atoms with van der Waals surface area (Å²) >= 11 is 0. The molecule has 0 aliphatic rings. The maximum Gasteiger partial charge on any atom is 0.433 e. The summed E-state index contributed by atoms with van der Waals surface area (Å²) in [5.74, 6) is 0.216. The summed E-state index contributed by atoms with van der Waals surface area (Å²) in [6.07, 6.45) is -3.61. The molecule has 2 aromatic rings. The summed E-state index contributed by atoms with van der Waals surface area (Å²) in [7, 11) is 5.31. The number of nitrogens with zero attached hydrogens (tertiary/aromatic N) is 2. The van der Waals surface area contributed by atoms with Crippen molar-refractivity contribution in [1.82, 2.24) is 15.2 Å². The van der Waals surface area contributed by atoms with Crippen LogP contribution in [0.5, 0.6) is 5.75 Å². The minimum absolute atomic E-state index is 0.0705. The first kappa shape index (κ1) is 19.7. The highest BCUT2D eigenvalue weighted by atomic mass is 19.4. The van der Waals surface area contributed by atoms with E-state index in [-0.39, 0.29) is 18.2 Å². The molecular weight excluding hydrogens is 347 g/mol. The minimum atomic E-state index is -4.53. The Morgan fingerprint density at radius 3 is 2.54 bits per heavy atom. The first-order valence-corrected chi connectivity index (χ1v) is 7.84. The molecule has 0 spiro atoms. The zero-order valence-corrected chi connectivity index (χ0v) is 14.7. The normalized spacial score (nSPS) is 12.7. The Labute approximate surface area is 149 Å². The number of halogens is 3. The number of methoxy groups -OCH3 is 1. The lowest BCUT2D eigenvalue weighted by molar-refractivity contribution is -0.141. The zero-order valence-electron chi connectivity index (χ0n) is 14.7. The van der Waals surface area contributed by atoms with Crippen molar-refractivity contribution in [2.24, 2.45) is 0 Å². The van der Waals surface area contributed by atoms with E-state index in [9.17, 15) is 18.0 Å². The average Bonchev–Trinajstić information content (AvgIpc) is 2.61. The fourth-order valence-corrected chi connectivity index (χ4v) is 2.43. The fraction of sp³-hybridized carbons (Fsp3) is 0.333. The Morgan fingerprint density at radius 1 is 1.27 bits per heavy atom. The molecule has 1 amide bonds. The van der Waals surface area contributed by atoms with Crippen LogP contribution in [0, 0.1) is 0 Å². The number of nitrogens with one attached hydrogen (secondary N) is 1. The van der Waals surface area contributed by atoms with Crippen LogP contribution in [-0.4, -0.2) is 43.5 Å². The molecule has 1 atom stereocenters. The number of carbonyl (C=O) groups excluding carboxylic acids is 1. The van der Waals surface area contributed by atoms with Crippen molar-refractivity contribution in [3.63, 3.8) is 0 Å². The van der Waals surface area contributed by atoms with Crippen LogP contribution in [0.3, 0.4) is 0 Å². The summed E-state index contributed by atoms with van der Waals surface area (Å²) in [4.78, 5) is 17.4. The van der Waals surface area contributed by atoms with Crippen LogP contribution in [0.2, 0.25) is 0 Å². The number of rotatable bonds is 6. The molecule has 26 heavy (non-hydrogen) atoms. The van der Waals surface area contributed by atoms with Gasteiger partial charge in [-0.25, -0.2) is 0 Å². The molecule has 0 fully saturated rings. The molecule has 0 aliphatic carbocycles. The van der Waals surface area contributed by atoms with E-state index in [0.717, 1.165) is 23.9 Å². The monoisotopic (exact) mass is 367 g/mol. The topological polar surface area (TPSA) is 54.5 Å². The number of ether oxygens (including phenoxy) is 1. The summed E-state index contributed by atoms with van der Waals surface area (Å²) in [5, 5.41) is 2.73. The molecule has 8 heteroatoms. The highest BCUT2D eigenvalue weighted by Crippen LogP contribution is 2.27. The van der Waals surface area contributed by atoms with Gasteiger partial charge in [-0.1, -0.05) is 12.1 Å². The van der Waals surface area contributed by atoms with Crippen molar-refractivity contribution in [3.05, 3.63) is 59.4 Å². The van der Waals surface area contributed by atoms with E-state index in [1.54, 1.807) is 7.11 Å². The number of carbonyl (C=O) groups is 1. The molecule has 0 saturated heterocycles. The van der Waals surface area contributed by atoms with Gasteiger partial charge in [-0.05, 0) is 43.9 Å². The molecule has 1 heterocycles. The molecule has 0 bridgehead atoms. The Kier molecular flexibility index (Phi) is 6.20. The maximum atomic E-state index is 12.5. The third-order valence-electron chi connectivity index (χ3n) is 3.87. The Hall–Kier alpha value is -2.61. The van der Waals surface area contributed by atoms with Crippen LogP contribution in [0.1, 0.15) is 27.7 Å². The first-order chi connectivity index (χ1) is 12.2. The number of alkyl halides is 3. The lowest BCUT2D eigenvalue weighted by atomic mass is 10.1. The maximum absolute atomic E-state index is 12.5. The van der Waals surface area contributed by atoms with E-state index in [2.05, 4.69) is 10.3 Å². The van der Waals surface area contributed by atoms with E-state index in [1.165, 1.54) is 0 Å². The summed E-state index contributed by atoms with van der Waals surface area (Å²) in [5.41, 5.74) is -0.0158. The van der Waals surface area contributed by atoms with E-state index < -0.39 is 17.8 Å². The lowest BCUT2D eigenvalue weighted by Gasteiger charge is -2.25. The second-order valence-electron chi connectivity index (χ2n) is 5.90. The number of pyridine rings is 1. The van der Waals surface area contributed by atoms with Crippen LogP contribution >= 0.6 is 0 Å². The van der Waals surface area contributed by atoms with Crippen molar-refractivity contribution in [1.29, 1.82) is 0 Å². The molecule has 0 aliphatic heterocycles. The molecule has 5 nitrogen and oxygen atoms in total. The third kappa shape index (κ3) is 4.95. The molecule has 1 aromatic heterocycles. The highest BCUT2D eigenvalue weighted by molar-refractivity contribution is 5.93. The van der Waals surface area contributed by atoms with Crippen LogP contribution in [0.4, 0.5) is 13.2 Å². The molecule has 0 saturated carbocycles. The molecule has 140 valence electrons. The Balaban J connectivity index is 2.07. The highest BCUT2D eigenvalue weighted by Gasteiger charge is 2.32. The SMILES string of the molecule is COc1cccc(C(CNC(=O)c2ccc(C(F)(F)F)nc2)N(C)C)c1. The van der Waals surface area contributed by atoms with E-state index in [4.69, 9.17) is 4.74 Å². The van der Waals surface area contributed by atoms with Crippen LogP contribution in [0.25, 0.3) is 0 Å². The van der Waals surface area contributed by atoms with Gasteiger partial charge in [0, 0.05) is 12.7 Å². The number of benzene rings is 1. The molecule has 1 aromatic carbocycles. The fourth-order valence-electron chi connectivity index (χ4n) is 2.43. The largest absolute Gasteiger partial charge is 0.497 e. The van der Waals surface area contributed by atoms with Crippen molar-refractivity contribution in [2.75, 3.05) is 27.7 Å². The molecule has 0 radical (unpaired) electrons. The van der Waals surface area contributed by atoms with E-state index in [0.29, 0.717) is 5.75 Å². The predicted octanol–water partition coefficient (Wildman–Crippen LogP) is 3.14. The van der Waals surface area contributed by atoms with Gasteiger partial charge in [-0.15, -0.1) is 0 Å². The zero-order chi connectivity index (χ0) is 19.3. The van der Waals surface area contributed by atoms with Gasteiger partial charge < -0.3 is 15.0 Å². The number of hydrogen-bond acceptors (Lipinski definition) is 4. The quantitative estimate of drug-likeness (QED) is 0.852. The van der Waals surface area contributed by atoms with Gasteiger partial charge in [0.05, 0.1) is 18.7 Å². The van der Waals surface area contributed by atoms with Crippen LogP contribution in [-0.2, 0) is 6.18 Å². The van der Waals surface area contributed by atoms with Gasteiger partial charge in [0.15, 0.2) is 0 Å². The lowest BCUT2D eigenvalue weighted by Crippen LogP contribution is -2.34. The number of aromatic nitrogens is 1. The van der Waals surface area contributed by atoms with Crippen molar-refractivity contribution >= 4 is 5.91 Å². The predicted molar refractivity (Wildman–Crippen MR) is 91.0 cm³/mol. The van der Waals surface area contributed by atoms with Gasteiger partial charge in [0.1, 0.15) is 11.4 Å². The third-order valence-corrected chi connectivity index (χ3v) is 3.87. The Bertz CT molecular complexity index is 746.